The Morgan fingerprint density at radius 3 is 2.65 bits per heavy atom. The van der Waals surface area contributed by atoms with Gasteiger partial charge in [0.15, 0.2) is 5.76 Å². The van der Waals surface area contributed by atoms with Gasteiger partial charge in [-0.1, -0.05) is 51.1 Å². The van der Waals surface area contributed by atoms with Crippen LogP contribution < -0.4 is 5.32 Å². The largest absolute Gasteiger partial charge is 0.459 e. The Morgan fingerprint density at radius 1 is 1.27 bits per heavy atom. The van der Waals surface area contributed by atoms with Gasteiger partial charge in [0.2, 0.25) is 6.29 Å². The van der Waals surface area contributed by atoms with Gasteiger partial charge in [-0.3, -0.25) is 4.79 Å². The molecule has 2 N–H and O–H groups in total. The van der Waals surface area contributed by atoms with Crippen molar-refractivity contribution in [3.8, 4) is 0 Å². The maximum atomic E-state index is 12.6. The summed E-state index contributed by atoms with van der Waals surface area (Å²) in [4.78, 5) is 12.6. The molecule has 2 atom stereocenters. The number of hydrogen-bond donors (Lipinski definition) is 2. The van der Waals surface area contributed by atoms with E-state index in [1.165, 1.54) is 0 Å². The molecule has 0 bridgehead atoms. The zero-order valence-corrected chi connectivity index (χ0v) is 16.0. The second-order valence-corrected chi connectivity index (χ2v) is 7.76. The van der Waals surface area contributed by atoms with Crippen molar-refractivity contribution >= 4 is 5.91 Å². The van der Waals surface area contributed by atoms with Gasteiger partial charge in [0.05, 0.1) is 6.61 Å². The van der Waals surface area contributed by atoms with Crippen LogP contribution in [0.4, 0.5) is 0 Å². The first kappa shape index (κ1) is 20.5. The normalized spacial score (nSPS) is 20.2. The van der Waals surface area contributed by atoms with Crippen LogP contribution in [0.1, 0.15) is 45.6 Å². The van der Waals surface area contributed by atoms with E-state index >= 15 is 0 Å². The van der Waals surface area contributed by atoms with Crippen LogP contribution in [0.3, 0.4) is 0 Å². The first-order valence-electron chi connectivity index (χ1n) is 9.33. The monoisotopic (exact) mass is 361 g/mol. The van der Waals surface area contributed by atoms with Crippen LogP contribution in [0.2, 0.25) is 0 Å². The number of carbonyl (C=O) groups is 1. The van der Waals surface area contributed by atoms with Crippen molar-refractivity contribution in [2.45, 2.75) is 52.9 Å². The number of nitrogens with one attached hydrogen (secondary N) is 1. The predicted molar refractivity (Wildman–Crippen MR) is 101 cm³/mol. The molecule has 5 heteroatoms. The molecule has 5 nitrogen and oxygen atoms in total. The maximum absolute atomic E-state index is 12.6. The summed E-state index contributed by atoms with van der Waals surface area (Å²) in [5, 5.41) is 11.8. The second kappa shape index (κ2) is 9.74. The number of unbranched alkanes of at least 4 members (excludes halogenated alkanes) is 1. The molecule has 1 aliphatic heterocycles. The van der Waals surface area contributed by atoms with E-state index in [-0.39, 0.29) is 23.8 Å². The molecular weight excluding hydrogens is 330 g/mol. The van der Waals surface area contributed by atoms with E-state index in [2.05, 4.69) is 26.1 Å². The highest BCUT2D eigenvalue weighted by atomic mass is 16.7. The first-order valence-corrected chi connectivity index (χ1v) is 9.33. The molecule has 1 aliphatic rings. The third kappa shape index (κ3) is 6.46. The number of ether oxygens (including phenoxy) is 2. The van der Waals surface area contributed by atoms with E-state index in [0.717, 1.165) is 18.4 Å². The van der Waals surface area contributed by atoms with Crippen molar-refractivity contribution in [3.05, 3.63) is 47.7 Å². The van der Waals surface area contributed by atoms with Gasteiger partial charge in [-0.2, -0.15) is 0 Å². The van der Waals surface area contributed by atoms with Crippen LogP contribution in [0.15, 0.2) is 42.2 Å². The molecule has 1 amide bonds. The second-order valence-electron chi connectivity index (χ2n) is 7.76. The Hall–Kier alpha value is -1.85. The number of carbonyl (C=O) groups excluding carboxylic acids is 1. The third-order valence-electron chi connectivity index (χ3n) is 4.55. The molecule has 0 aromatic heterocycles. The number of rotatable bonds is 8. The summed E-state index contributed by atoms with van der Waals surface area (Å²) < 4.78 is 11.6. The van der Waals surface area contributed by atoms with E-state index in [1.807, 2.05) is 36.4 Å². The Bertz CT molecular complexity index is 592. The highest BCUT2D eigenvalue weighted by Gasteiger charge is 2.33. The molecule has 1 heterocycles. The Kier molecular flexibility index (Phi) is 7.66. The quantitative estimate of drug-likeness (QED) is 0.697. The van der Waals surface area contributed by atoms with Crippen molar-refractivity contribution < 1.29 is 19.4 Å². The molecule has 0 spiro atoms. The summed E-state index contributed by atoms with van der Waals surface area (Å²) in [7, 11) is 0. The van der Waals surface area contributed by atoms with E-state index in [9.17, 15) is 4.79 Å². The Balaban J connectivity index is 1.98. The fourth-order valence-electron chi connectivity index (χ4n) is 2.82. The van der Waals surface area contributed by atoms with Crippen molar-refractivity contribution in [1.82, 2.24) is 5.32 Å². The third-order valence-corrected chi connectivity index (χ3v) is 4.55. The van der Waals surface area contributed by atoms with Gasteiger partial charge in [0.1, 0.15) is 0 Å². The highest BCUT2D eigenvalue weighted by Crippen LogP contribution is 2.36. The van der Waals surface area contributed by atoms with Crippen LogP contribution in [0.5, 0.6) is 0 Å². The number of benzene rings is 1. The lowest BCUT2D eigenvalue weighted by Crippen LogP contribution is -2.36. The molecule has 0 radical (unpaired) electrons. The van der Waals surface area contributed by atoms with Crippen LogP contribution in [0, 0.1) is 11.3 Å². The minimum absolute atomic E-state index is 0.0153. The summed E-state index contributed by atoms with van der Waals surface area (Å²) in [6.07, 6.45) is 3.69. The Morgan fingerprint density at radius 2 is 2.00 bits per heavy atom. The number of aliphatic hydroxyl groups excluding tert-OH is 1. The lowest BCUT2D eigenvalue weighted by atomic mass is 9.77. The molecular formula is C21H31NO4. The fourth-order valence-corrected chi connectivity index (χ4v) is 2.82. The van der Waals surface area contributed by atoms with Gasteiger partial charge in [0.25, 0.3) is 5.91 Å². The average Bonchev–Trinajstić information content (AvgIpc) is 2.63. The van der Waals surface area contributed by atoms with E-state index in [1.54, 1.807) is 0 Å². The van der Waals surface area contributed by atoms with Gasteiger partial charge < -0.3 is 19.9 Å². The molecule has 0 saturated carbocycles. The maximum Gasteiger partial charge on any atom is 0.286 e. The molecule has 1 aromatic carbocycles. The van der Waals surface area contributed by atoms with Crippen LogP contribution in [-0.4, -0.2) is 30.5 Å². The number of amides is 1. The van der Waals surface area contributed by atoms with E-state index in [0.29, 0.717) is 25.3 Å². The van der Waals surface area contributed by atoms with E-state index < -0.39 is 6.29 Å². The molecule has 0 aliphatic carbocycles. The lowest BCUT2D eigenvalue weighted by molar-refractivity contribution is -0.153. The van der Waals surface area contributed by atoms with Crippen molar-refractivity contribution in [1.29, 1.82) is 0 Å². The van der Waals surface area contributed by atoms with Crippen LogP contribution in [0.25, 0.3) is 0 Å². The van der Waals surface area contributed by atoms with Crippen LogP contribution >= 0.6 is 0 Å². The van der Waals surface area contributed by atoms with Crippen molar-refractivity contribution in [2.24, 2.45) is 11.3 Å². The summed E-state index contributed by atoms with van der Waals surface area (Å²) in [6, 6.07) is 9.79. The topological polar surface area (TPSA) is 67.8 Å². The highest BCUT2D eigenvalue weighted by molar-refractivity contribution is 5.91. The zero-order valence-electron chi connectivity index (χ0n) is 16.0. The SMILES string of the molecule is CC(C)(C)[C@H]1C=C(C(=O)NCc2ccccc2)O[C@@H](OCCCCO)C1. The minimum atomic E-state index is -0.430. The minimum Gasteiger partial charge on any atom is -0.459 e. The van der Waals surface area contributed by atoms with Gasteiger partial charge in [-0.25, -0.2) is 0 Å². The summed E-state index contributed by atoms with van der Waals surface area (Å²) in [5.74, 6) is 0.308. The van der Waals surface area contributed by atoms with Crippen LogP contribution in [-0.2, 0) is 20.8 Å². The molecule has 0 unspecified atom stereocenters. The zero-order chi connectivity index (χ0) is 19.0. The molecule has 26 heavy (non-hydrogen) atoms. The first-order chi connectivity index (χ1) is 12.4. The molecule has 1 aromatic rings. The molecule has 2 rings (SSSR count). The molecule has 0 fully saturated rings. The van der Waals surface area contributed by atoms with Gasteiger partial charge >= 0.3 is 0 Å². The summed E-state index contributed by atoms with van der Waals surface area (Å²) >= 11 is 0. The van der Waals surface area contributed by atoms with Crippen molar-refractivity contribution in [2.75, 3.05) is 13.2 Å². The number of aliphatic hydroxyl groups is 1. The Labute approximate surface area is 156 Å². The smallest absolute Gasteiger partial charge is 0.286 e. The molecule has 0 saturated heterocycles. The van der Waals surface area contributed by atoms with E-state index in [4.69, 9.17) is 14.6 Å². The van der Waals surface area contributed by atoms with Gasteiger partial charge in [-0.05, 0) is 35.8 Å². The summed E-state index contributed by atoms with van der Waals surface area (Å²) in [5.41, 5.74) is 1.06. The van der Waals surface area contributed by atoms with Gasteiger partial charge in [0, 0.05) is 19.6 Å². The predicted octanol–water partition coefficient (Wildman–Crippen LogP) is 3.38. The standard InChI is InChI=1S/C21H31NO4/c1-21(2,3)17-13-18(26-19(14-17)25-12-8-7-11-23)20(24)22-15-16-9-5-4-6-10-16/h4-6,9-10,13,17,19,23H,7-8,11-12,14-15H2,1-3H3,(H,22,24)/t17-,19+/m0/s1. The number of hydrogen-bond acceptors (Lipinski definition) is 4. The fraction of sp³-hybridized carbons (Fsp3) is 0.571. The average molecular weight is 361 g/mol. The lowest BCUT2D eigenvalue weighted by Gasteiger charge is -2.35. The molecule has 144 valence electrons. The summed E-state index contributed by atoms with van der Waals surface area (Å²) in [6.45, 7) is 7.60. The van der Waals surface area contributed by atoms with Gasteiger partial charge in [-0.15, -0.1) is 0 Å². The van der Waals surface area contributed by atoms with Crippen molar-refractivity contribution in [3.63, 3.8) is 0 Å². The number of allylic oxidation sites excluding steroid dienone is 1.